The summed E-state index contributed by atoms with van der Waals surface area (Å²) in [5.41, 5.74) is 1.85. The molecule has 2 N–H and O–H groups in total. The highest BCUT2D eigenvalue weighted by Crippen LogP contribution is 2.19. The summed E-state index contributed by atoms with van der Waals surface area (Å²) in [7, 11) is 3.92. The van der Waals surface area contributed by atoms with Crippen molar-refractivity contribution < 1.29 is 9.90 Å². The first-order valence-electron chi connectivity index (χ1n) is 6.21. The van der Waals surface area contributed by atoms with E-state index < -0.39 is 12.0 Å². The van der Waals surface area contributed by atoms with E-state index in [2.05, 4.69) is 5.32 Å². The van der Waals surface area contributed by atoms with Crippen molar-refractivity contribution in [1.29, 1.82) is 0 Å². The first-order valence-corrected chi connectivity index (χ1v) is 6.21. The van der Waals surface area contributed by atoms with Crippen LogP contribution in [0.3, 0.4) is 0 Å². The average molecular weight is 250 g/mol. The molecule has 0 aliphatic heterocycles. The molecule has 0 fully saturated rings. The summed E-state index contributed by atoms with van der Waals surface area (Å²) in [6.45, 7) is 4.02. The number of nitrogens with one attached hydrogen (secondary N) is 1. The van der Waals surface area contributed by atoms with Gasteiger partial charge in [0.2, 0.25) is 0 Å². The van der Waals surface area contributed by atoms with Crippen molar-refractivity contribution >= 4 is 11.7 Å². The summed E-state index contributed by atoms with van der Waals surface area (Å²) in [6, 6.07) is 7.14. The third-order valence-corrected chi connectivity index (χ3v) is 3.05. The first-order chi connectivity index (χ1) is 8.45. The largest absolute Gasteiger partial charge is 0.480 e. The van der Waals surface area contributed by atoms with Crippen molar-refractivity contribution in [1.82, 2.24) is 5.32 Å². The highest BCUT2D eigenvalue weighted by atomic mass is 16.4. The van der Waals surface area contributed by atoms with Gasteiger partial charge in [0.1, 0.15) is 6.04 Å². The van der Waals surface area contributed by atoms with Gasteiger partial charge >= 0.3 is 5.97 Å². The smallest absolute Gasteiger partial charge is 0.325 e. The van der Waals surface area contributed by atoms with Crippen LogP contribution in [-0.2, 0) is 4.79 Å². The molecule has 100 valence electrons. The Bertz CT molecular complexity index is 387. The van der Waals surface area contributed by atoms with E-state index in [9.17, 15) is 9.90 Å². The zero-order chi connectivity index (χ0) is 13.7. The van der Waals surface area contributed by atoms with Crippen LogP contribution in [0.1, 0.15) is 31.9 Å². The molecule has 0 saturated carbocycles. The minimum Gasteiger partial charge on any atom is -0.480 e. The molecule has 2 atom stereocenters. The number of benzene rings is 1. The lowest BCUT2D eigenvalue weighted by Crippen LogP contribution is -2.34. The van der Waals surface area contributed by atoms with E-state index >= 15 is 0 Å². The molecule has 0 aliphatic rings. The zero-order valence-electron chi connectivity index (χ0n) is 11.5. The van der Waals surface area contributed by atoms with E-state index in [1.807, 2.05) is 57.1 Å². The summed E-state index contributed by atoms with van der Waals surface area (Å²) in [5.74, 6) is -0.840. The molecule has 1 aromatic rings. The van der Waals surface area contributed by atoms with Crippen LogP contribution in [0.25, 0.3) is 0 Å². The molecule has 18 heavy (non-hydrogen) atoms. The van der Waals surface area contributed by atoms with Crippen LogP contribution < -0.4 is 10.2 Å². The fourth-order valence-corrected chi connectivity index (χ4v) is 1.68. The molecule has 0 saturated heterocycles. The molecule has 2 unspecified atom stereocenters. The molecule has 0 aromatic heterocycles. The van der Waals surface area contributed by atoms with Gasteiger partial charge in [0.25, 0.3) is 0 Å². The number of aliphatic carboxylic acids is 1. The zero-order valence-corrected chi connectivity index (χ0v) is 11.5. The Morgan fingerprint density at radius 1 is 1.33 bits per heavy atom. The van der Waals surface area contributed by atoms with Crippen LogP contribution in [0.15, 0.2) is 24.3 Å². The van der Waals surface area contributed by atoms with Crippen LogP contribution in [0.2, 0.25) is 0 Å². The Kier molecular flexibility index (Phi) is 5.16. The topological polar surface area (TPSA) is 52.6 Å². The molecule has 0 bridgehead atoms. The van der Waals surface area contributed by atoms with E-state index in [1.165, 1.54) is 0 Å². The minimum absolute atomic E-state index is 0.180. The van der Waals surface area contributed by atoms with E-state index in [0.29, 0.717) is 0 Å². The van der Waals surface area contributed by atoms with Crippen LogP contribution in [0.4, 0.5) is 5.69 Å². The summed E-state index contributed by atoms with van der Waals surface area (Å²) < 4.78 is 0. The molecule has 0 aliphatic carbocycles. The fraction of sp³-hybridized carbons (Fsp3) is 0.500. The van der Waals surface area contributed by atoms with E-state index in [4.69, 9.17) is 0 Å². The van der Waals surface area contributed by atoms with Crippen molar-refractivity contribution in [2.75, 3.05) is 19.0 Å². The Morgan fingerprint density at radius 3 is 2.28 bits per heavy atom. The summed E-state index contributed by atoms with van der Waals surface area (Å²) in [6.07, 6.45) is 0.902. The Balaban J connectivity index is 2.89. The SMILES string of the molecule is CCC(C)NC(C(=O)O)c1ccc(N(C)C)cc1. The maximum Gasteiger partial charge on any atom is 0.325 e. The van der Waals surface area contributed by atoms with Crippen LogP contribution in [0, 0.1) is 0 Å². The van der Waals surface area contributed by atoms with Gasteiger partial charge in [0.15, 0.2) is 0 Å². The summed E-state index contributed by atoms with van der Waals surface area (Å²) in [4.78, 5) is 13.3. The normalized spacial score (nSPS) is 14.0. The van der Waals surface area contributed by atoms with Gasteiger partial charge in [-0.25, -0.2) is 0 Å². The van der Waals surface area contributed by atoms with Crippen molar-refractivity contribution in [3.05, 3.63) is 29.8 Å². The molecule has 0 amide bonds. The van der Waals surface area contributed by atoms with Crippen LogP contribution in [-0.4, -0.2) is 31.2 Å². The highest BCUT2D eigenvalue weighted by molar-refractivity contribution is 5.75. The van der Waals surface area contributed by atoms with Crippen LogP contribution in [0.5, 0.6) is 0 Å². The molecule has 4 nitrogen and oxygen atoms in total. The molecular formula is C14H22N2O2. The Hall–Kier alpha value is -1.55. The quantitative estimate of drug-likeness (QED) is 0.813. The lowest BCUT2D eigenvalue weighted by atomic mass is 10.0. The van der Waals surface area contributed by atoms with E-state index in [0.717, 1.165) is 17.7 Å². The van der Waals surface area contributed by atoms with Gasteiger partial charge in [-0.2, -0.15) is 0 Å². The molecule has 1 aromatic carbocycles. The van der Waals surface area contributed by atoms with Crippen molar-refractivity contribution in [3.63, 3.8) is 0 Å². The maximum absolute atomic E-state index is 11.3. The molecule has 0 radical (unpaired) electrons. The Labute approximate surface area is 109 Å². The number of carbonyl (C=O) groups is 1. The predicted molar refractivity (Wildman–Crippen MR) is 74.0 cm³/mol. The van der Waals surface area contributed by atoms with Gasteiger partial charge in [-0.3, -0.25) is 10.1 Å². The van der Waals surface area contributed by atoms with Gasteiger partial charge in [0.05, 0.1) is 0 Å². The minimum atomic E-state index is -0.840. The standard InChI is InChI=1S/C14H22N2O2/c1-5-10(2)15-13(14(17)18)11-6-8-12(9-7-11)16(3)4/h6-10,13,15H,5H2,1-4H3,(H,17,18). The summed E-state index contributed by atoms with van der Waals surface area (Å²) in [5, 5.41) is 12.4. The van der Waals surface area contributed by atoms with Gasteiger partial charge < -0.3 is 10.0 Å². The first kappa shape index (κ1) is 14.5. The maximum atomic E-state index is 11.3. The van der Waals surface area contributed by atoms with E-state index in [1.54, 1.807) is 0 Å². The summed E-state index contributed by atoms with van der Waals surface area (Å²) >= 11 is 0. The molecule has 0 spiro atoms. The highest BCUT2D eigenvalue weighted by Gasteiger charge is 2.20. The van der Waals surface area contributed by atoms with Gasteiger partial charge in [-0.1, -0.05) is 19.1 Å². The number of hydrogen-bond donors (Lipinski definition) is 2. The Morgan fingerprint density at radius 2 is 1.89 bits per heavy atom. The molecular weight excluding hydrogens is 228 g/mol. The van der Waals surface area contributed by atoms with Gasteiger partial charge in [-0.05, 0) is 31.0 Å². The third kappa shape index (κ3) is 3.74. The second-order valence-corrected chi connectivity index (χ2v) is 4.73. The second kappa shape index (κ2) is 6.40. The lowest BCUT2D eigenvalue weighted by Gasteiger charge is -2.20. The average Bonchev–Trinajstić information content (AvgIpc) is 2.35. The number of anilines is 1. The second-order valence-electron chi connectivity index (χ2n) is 4.73. The predicted octanol–water partition coefficient (Wildman–Crippen LogP) is 2.27. The number of rotatable bonds is 6. The third-order valence-electron chi connectivity index (χ3n) is 3.05. The van der Waals surface area contributed by atoms with Crippen molar-refractivity contribution in [2.45, 2.75) is 32.4 Å². The fourth-order valence-electron chi connectivity index (χ4n) is 1.68. The number of nitrogens with zero attached hydrogens (tertiary/aromatic N) is 1. The van der Waals surface area contributed by atoms with Crippen LogP contribution >= 0.6 is 0 Å². The number of carboxylic acids is 1. The van der Waals surface area contributed by atoms with Gasteiger partial charge in [0, 0.05) is 25.8 Å². The number of carboxylic acid groups (broad SMARTS) is 1. The molecule has 1 rings (SSSR count). The monoisotopic (exact) mass is 250 g/mol. The van der Waals surface area contributed by atoms with E-state index in [-0.39, 0.29) is 6.04 Å². The lowest BCUT2D eigenvalue weighted by molar-refractivity contribution is -0.139. The number of hydrogen-bond acceptors (Lipinski definition) is 3. The van der Waals surface area contributed by atoms with Gasteiger partial charge in [-0.15, -0.1) is 0 Å². The van der Waals surface area contributed by atoms with Crippen molar-refractivity contribution in [3.8, 4) is 0 Å². The molecule has 4 heteroatoms. The van der Waals surface area contributed by atoms with Crippen molar-refractivity contribution in [2.24, 2.45) is 0 Å². The molecule has 0 heterocycles.